The van der Waals surface area contributed by atoms with E-state index in [1.54, 1.807) is 13.0 Å². The van der Waals surface area contributed by atoms with Crippen LogP contribution in [-0.4, -0.2) is 27.1 Å². The van der Waals surface area contributed by atoms with Gasteiger partial charge in [-0.15, -0.1) is 0 Å². The van der Waals surface area contributed by atoms with Crippen LogP contribution in [0.25, 0.3) is 0 Å². The minimum absolute atomic E-state index is 0.0386. The lowest BCUT2D eigenvalue weighted by molar-refractivity contribution is -0.144. The molecule has 0 saturated heterocycles. The lowest BCUT2D eigenvalue weighted by Crippen LogP contribution is -2.54. The van der Waals surface area contributed by atoms with Gasteiger partial charge in [-0.2, -0.15) is 0 Å². The van der Waals surface area contributed by atoms with Gasteiger partial charge in [0, 0.05) is 16.7 Å². The second-order valence-electron chi connectivity index (χ2n) is 5.92. The first kappa shape index (κ1) is 13.7. The molecule has 2 fully saturated rings. The van der Waals surface area contributed by atoms with Crippen LogP contribution in [0, 0.1) is 5.92 Å². The van der Waals surface area contributed by atoms with Gasteiger partial charge in [0.2, 0.25) is 0 Å². The molecule has 2 aliphatic carbocycles. The van der Waals surface area contributed by atoms with Gasteiger partial charge in [0.25, 0.3) is 5.91 Å². The summed E-state index contributed by atoms with van der Waals surface area (Å²) in [6.45, 7) is 1.60. The minimum Gasteiger partial charge on any atom is -0.480 e. The Labute approximate surface area is 125 Å². The Hall–Kier alpha value is -1.30. The van der Waals surface area contributed by atoms with Crippen molar-refractivity contribution in [3.8, 4) is 0 Å². The van der Waals surface area contributed by atoms with E-state index >= 15 is 0 Å². The average Bonchev–Trinajstić information content (AvgIpc) is 3.25. The first-order valence-electron chi connectivity index (χ1n) is 6.85. The number of hydrogen-bond acceptors (Lipinski definition) is 2. The highest BCUT2D eigenvalue weighted by molar-refractivity contribution is 9.10. The summed E-state index contributed by atoms with van der Waals surface area (Å²) in [5.41, 5.74) is -0.630. The maximum Gasteiger partial charge on any atom is 0.329 e. The third-order valence-corrected chi connectivity index (χ3v) is 4.63. The van der Waals surface area contributed by atoms with Crippen molar-refractivity contribution in [2.24, 2.45) is 5.92 Å². The SMILES string of the molecule is CC(NC(=O)c1cc(Br)cn1C1CC1)(C(=O)O)C1CC1. The largest absolute Gasteiger partial charge is 0.480 e. The van der Waals surface area contributed by atoms with Gasteiger partial charge in [-0.1, -0.05) is 0 Å². The number of halogens is 1. The Morgan fingerprint density at radius 2 is 2.05 bits per heavy atom. The summed E-state index contributed by atoms with van der Waals surface area (Å²) in [5, 5.41) is 12.1. The molecular formula is C14H17BrN2O3. The van der Waals surface area contributed by atoms with Gasteiger partial charge >= 0.3 is 5.97 Å². The number of carboxylic acid groups (broad SMARTS) is 1. The van der Waals surface area contributed by atoms with Crippen molar-refractivity contribution < 1.29 is 14.7 Å². The summed E-state index contributed by atoms with van der Waals surface area (Å²) in [5.74, 6) is -1.23. The molecule has 2 N–H and O–H groups in total. The van der Waals surface area contributed by atoms with Crippen LogP contribution in [0.2, 0.25) is 0 Å². The molecular weight excluding hydrogens is 324 g/mol. The molecule has 1 unspecified atom stereocenters. The molecule has 0 radical (unpaired) electrons. The van der Waals surface area contributed by atoms with Gasteiger partial charge in [-0.25, -0.2) is 4.79 Å². The number of rotatable bonds is 5. The minimum atomic E-state index is -1.16. The highest BCUT2D eigenvalue weighted by atomic mass is 79.9. The zero-order chi connectivity index (χ0) is 14.5. The summed E-state index contributed by atoms with van der Waals surface area (Å²) in [4.78, 5) is 23.9. The topological polar surface area (TPSA) is 71.3 Å². The Morgan fingerprint density at radius 3 is 2.55 bits per heavy atom. The predicted molar refractivity (Wildman–Crippen MR) is 76.6 cm³/mol. The standard InChI is InChI=1S/C14H17BrN2O3/c1-14(13(19)20,8-2-3-8)16-12(18)11-6-9(15)7-17(11)10-4-5-10/h6-8,10H,2-5H2,1H3,(H,16,18)(H,19,20). The molecule has 0 aliphatic heterocycles. The summed E-state index contributed by atoms with van der Waals surface area (Å²) >= 11 is 3.38. The number of nitrogens with one attached hydrogen (secondary N) is 1. The number of carbonyl (C=O) groups excluding carboxylic acids is 1. The number of carbonyl (C=O) groups is 2. The fraction of sp³-hybridized carbons (Fsp3) is 0.571. The zero-order valence-electron chi connectivity index (χ0n) is 11.2. The molecule has 108 valence electrons. The fourth-order valence-electron chi connectivity index (χ4n) is 2.57. The molecule has 20 heavy (non-hydrogen) atoms. The molecule has 1 heterocycles. The van der Waals surface area contributed by atoms with Crippen molar-refractivity contribution in [2.75, 3.05) is 0 Å². The number of carboxylic acids is 1. The maximum absolute atomic E-state index is 12.4. The normalized spacial score (nSPS) is 21.3. The van der Waals surface area contributed by atoms with Crippen molar-refractivity contribution >= 4 is 27.8 Å². The Morgan fingerprint density at radius 1 is 1.40 bits per heavy atom. The number of aromatic nitrogens is 1. The second-order valence-corrected chi connectivity index (χ2v) is 6.83. The van der Waals surface area contributed by atoms with Gasteiger partial charge in [0.1, 0.15) is 11.2 Å². The number of aliphatic carboxylic acids is 1. The molecule has 2 saturated carbocycles. The summed E-state index contributed by atoms with van der Waals surface area (Å²) < 4.78 is 2.78. The van der Waals surface area contributed by atoms with Crippen LogP contribution in [0.5, 0.6) is 0 Å². The quantitative estimate of drug-likeness (QED) is 0.865. The summed E-state index contributed by atoms with van der Waals surface area (Å²) in [7, 11) is 0. The van der Waals surface area contributed by atoms with E-state index in [9.17, 15) is 14.7 Å². The van der Waals surface area contributed by atoms with E-state index in [2.05, 4.69) is 21.2 Å². The number of nitrogens with zero attached hydrogens (tertiary/aromatic N) is 1. The van der Waals surface area contributed by atoms with Crippen LogP contribution in [0.4, 0.5) is 0 Å². The maximum atomic E-state index is 12.4. The van der Waals surface area contributed by atoms with Gasteiger partial charge in [0.05, 0.1) is 0 Å². The molecule has 1 aromatic heterocycles. The van der Waals surface area contributed by atoms with E-state index in [4.69, 9.17) is 0 Å². The van der Waals surface area contributed by atoms with Crippen LogP contribution >= 0.6 is 15.9 Å². The fourth-order valence-corrected chi connectivity index (χ4v) is 3.01. The van der Waals surface area contributed by atoms with Crippen molar-refractivity contribution in [1.82, 2.24) is 9.88 Å². The Balaban J connectivity index is 1.83. The van der Waals surface area contributed by atoms with E-state index in [-0.39, 0.29) is 11.8 Å². The second kappa shape index (κ2) is 4.62. The lowest BCUT2D eigenvalue weighted by Gasteiger charge is -2.26. The van der Waals surface area contributed by atoms with E-state index in [0.29, 0.717) is 11.7 Å². The first-order valence-corrected chi connectivity index (χ1v) is 7.64. The number of hydrogen-bond donors (Lipinski definition) is 2. The molecule has 0 spiro atoms. The Bertz CT molecular complexity index is 575. The average molecular weight is 341 g/mol. The van der Waals surface area contributed by atoms with E-state index in [1.807, 2.05) is 10.8 Å². The van der Waals surface area contributed by atoms with Crippen LogP contribution in [0.15, 0.2) is 16.7 Å². The molecule has 3 rings (SSSR count). The molecule has 6 heteroatoms. The molecule has 1 aromatic rings. The monoisotopic (exact) mass is 340 g/mol. The van der Waals surface area contributed by atoms with E-state index < -0.39 is 11.5 Å². The van der Waals surface area contributed by atoms with E-state index in [1.165, 1.54) is 0 Å². The first-order chi connectivity index (χ1) is 9.41. The van der Waals surface area contributed by atoms with Gasteiger partial charge in [0.15, 0.2) is 0 Å². The molecule has 2 aliphatic rings. The zero-order valence-corrected chi connectivity index (χ0v) is 12.8. The Kier molecular flexibility index (Phi) is 3.16. The molecule has 0 aromatic carbocycles. The molecule has 1 amide bonds. The van der Waals surface area contributed by atoms with Crippen molar-refractivity contribution in [3.05, 3.63) is 22.4 Å². The van der Waals surface area contributed by atoms with Crippen LogP contribution in [0.3, 0.4) is 0 Å². The van der Waals surface area contributed by atoms with Crippen LogP contribution < -0.4 is 5.32 Å². The summed E-state index contributed by atoms with van der Waals surface area (Å²) in [6.07, 6.45) is 5.75. The molecule has 0 bridgehead atoms. The van der Waals surface area contributed by atoms with Crippen molar-refractivity contribution in [2.45, 2.75) is 44.2 Å². The molecule has 1 atom stereocenters. The predicted octanol–water partition coefficient (Wildman–Crippen LogP) is 2.57. The third kappa shape index (κ3) is 2.37. The van der Waals surface area contributed by atoms with Crippen molar-refractivity contribution in [3.63, 3.8) is 0 Å². The van der Waals surface area contributed by atoms with Crippen LogP contribution in [-0.2, 0) is 4.79 Å². The van der Waals surface area contributed by atoms with Gasteiger partial charge in [-0.3, -0.25) is 4.79 Å². The highest BCUT2D eigenvalue weighted by Crippen LogP contribution is 2.41. The highest BCUT2D eigenvalue weighted by Gasteiger charge is 2.49. The van der Waals surface area contributed by atoms with Gasteiger partial charge in [-0.05, 0) is 60.5 Å². The molecule has 5 nitrogen and oxygen atoms in total. The number of amides is 1. The smallest absolute Gasteiger partial charge is 0.329 e. The van der Waals surface area contributed by atoms with Gasteiger partial charge < -0.3 is 15.0 Å². The lowest BCUT2D eigenvalue weighted by atomic mass is 9.96. The third-order valence-electron chi connectivity index (χ3n) is 4.20. The summed E-state index contributed by atoms with van der Waals surface area (Å²) in [6, 6.07) is 2.13. The van der Waals surface area contributed by atoms with Crippen LogP contribution in [0.1, 0.15) is 49.1 Å². The van der Waals surface area contributed by atoms with Crippen molar-refractivity contribution in [1.29, 1.82) is 0 Å². The van der Waals surface area contributed by atoms with E-state index in [0.717, 1.165) is 30.2 Å².